The fourth-order valence-corrected chi connectivity index (χ4v) is 1.21. The van der Waals surface area contributed by atoms with E-state index in [-0.39, 0.29) is 5.82 Å². The first kappa shape index (κ1) is 8.81. The Hall–Kier alpha value is -1.77. The Labute approximate surface area is 81.5 Å². The maximum atomic E-state index is 13.3. The minimum absolute atomic E-state index is 0.321. The smallest absolute Gasteiger partial charge is 0.149 e. The molecule has 2 aromatic rings. The van der Waals surface area contributed by atoms with E-state index >= 15 is 0 Å². The molecule has 0 aliphatic carbocycles. The molecule has 0 saturated carbocycles. The maximum Gasteiger partial charge on any atom is 0.149 e. The third kappa shape index (κ3) is 1.62. The summed E-state index contributed by atoms with van der Waals surface area (Å²) in [7, 11) is 0. The minimum Gasteiger partial charge on any atom is -0.261 e. The Balaban J connectivity index is 2.50. The molecule has 2 aromatic heterocycles. The molecule has 14 heavy (non-hydrogen) atoms. The molecule has 0 aliphatic rings. The van der Waals surface area contributed by atoms with E-state index in [0.29, 0.717) is 11.3 Å². The van der Waals surface area contributed by atoms with E-state index in [0.717, 1.165) is 5.69 Å². The quantitative estimate of drug-likeness (QED) is 0.687. The highest BCUT2D eigenvalue weighted by Gasteiger charge is 2.04. The van der Waals surface area contributed by atoms with E-state index in [1.54, 1.807) is 18.5 Å². The minimum atomic E-state index is -0.321. The molecular formula is C11H9FN2. The standard InChI is InChI=1S/C11H9FN2/c1-8-4-5-9(7-14-8)11-10(12)3-2-6-13-11/h2-7H,1H3. The lowest BCUT2D eigenvalue weighted by Gasteiger charge is -2.01. The highest BCUT2D eigenvalue weighted by atomic mass is 19.1. The zero-order chi connectivity index (χ0) is 9.97. The third-order valence-electron chi connectivity index (χ3n) is 1.94. The first-order chi connectivity index (χ1) is 6.77. The second kappa shape index (κ2) is 3.54. The largest absolute Gasteiger partial charge is 0.261 e. The van der Waals surface area contributed by atoms with E-state index in [4.69, 9.17) is 0 Å². The van der Waals surface area contributed by atoms with Gasteiger partial charge in [0, 0.05) is 23.7 Å². The molecule has 0 spiro atoms. The first-order valence-electron chi connectivity index (χ1n) is 4.31. The molecule has 70 valence electrons. The number of aryl methyl sites for hydroxylation is 1. The highest BCUT2D eigenvalue weighted by molar-refractivity contribution is 5.58. The lowest BCUT2D eigenvalue weighted by molar-refractivity contribution is 0.625. The van der Waals surface area contributed by atoms with Crippen molar-refractivity contribution in [1.29, 1.82) is 0 Å². The Kier molecular flexibility index (Phi) is 2.23. The SMILES string of the molecule is Cc1ccc(-c2ncccc2F)cn1. The van der Waals surface area contributed by atoms with Gasteiger partial charge in [-0.15, -0.1) is 0 Å². The number of rotatable bonds is 1. The Morgan fingerprint density at radius 3 is 2.64 bits per heavy atom. The average Bonchev–Trinajstić information content (AvgIpc) is 2.20. The van der Waals surface area contributed by atoms with E-state index < -0.39 is 0 Å². The van der Waals surface area contributed by atoms with Crippen LogP contribution in [0, 0.1) is 12.7 Å². The molecule has 0 aliphatic heterocycles. The van der Waals surface area contributed by atoms with Gasteiger partial charge in [0.25, 0.3) is 0 Å². The number of aromatic nitrogens is 2. The Morgan fingerprint density at radius 2 is 2.00 bits per heavy atom. The van der Waals surface area contributed by atoms with E-state index in [1.165, 1.54) is 6.07 Å². The summed E-state index contributed by atoms with van der Waals surface area (Å²) in [6.45, 7) is 1.89. The molecule has 2 rings (SSSR count). The molecule has 3 heteroatoms. The summed E-state index contributed by atoms with van der Waals surface area (Å²) in [6, 6.07) is 6.61. The second-order valence-electron chi connectivity index (χ2n) is 3.02. The maximum absolute atomic E-state index is 13.3. The number of hydrogen-bond donors (Lipinski definition) is 0. The van der Waals surface area contributed by atoms with Crippen molar-refractivity contribution in [3.63, 3.8) is 0 Å². The van der Waals surface area contributed by atoms with Crippen molar-refractivity contribution in [1.82, 2.24) is 9.97 Å². The summed E-state index contributed by atoms with van der Waals surface area (Å²) in [5.41, 5.74) is 1.96. The van der Waals surface area contributed by atoms with Gasteiger partial charge in [-0.05, 0) is 31.2 Å². The van der Waals surface area contributed by atoms with Crippen molar-refractivity contribution < 1.29 is 4.39 Å². The van der Waals surface area contributed by atoms with Gasteiger partial charge in [-0.2, -0.15) is 0 Å². The van der Waals surface area contributed by atoms with Crippen LogP contribution in [0.5, 0.6) is 0 Å². The molecule has 0 fully saturated rings. The van der Waals surface area contributed by atoms with Gasteiger partial charge in [0.05, 0.1) is 0 Å². The summed E-state index contributed by atoms with van der Waals surface area (Å²) in [5.74, 6) is -0.321. The molecule has 0 bridgehead atoms. The zero-order valence-electron chi connectivity index (χ0n) is 7.74. The predicted molar refractivity (Wildman–Crippen MR) is 52.2 cm³/mol. The van der Waals surface area contributed by atoms with Crippen molar-refractivity contribution in [2.45, 2.75) is 6.92 Å². The lowest BCUT2D eigenvalue weighted by atomic mass is 10.2. The second-order valence-corrected chi connectivity index (χ2v) is 3.02. The monoisotopic (exact) mass is 188 g/mol. The molecule has 0 amide bonds. The molecule has 0 unspecified atom stereocenters. The van der Waals surface area contributed by atoms with Crippen LogP contribution < -0.4 is 0 Å². The predicted octanol–water partition coefficient (Wildman–Crippen LogP) is 2.59. The topological polar surface area (TPSA) is 25.8 Å². The van der Waals surface area contributed by atoms with Crippen LogP contribution >= 0.6 is 0 Å². The van der Waals surface area contributed by atoms with Crippen LogP contribution in [0.15, 0.2) is 36.7 Å². The van der Waals surface area contributed by atoms with Crippen LogP contribution in [-0.4, -0.2) is 9.97 Å². The summed E-state index contributed by atoms with van der Waals surface area (Å²) < 4.78 is 13.3. The summed E-state index contributed by atoms with van der Waals surface area (Å²) >= 11 is 0. The molecule has 0 radical (unpaired) electrons. The van der Waals surface area contributed by atoms with Crippen LogP contribution in [-0.2, 0) is 0 Å². The van der Waals surface area contributed by atoms with Crippen LogP contribution in [0.25, 0.3) is 11.3 Å². The van der Waals surface area contributed by atoms with E-state index in [1.807, 2.05) is 19.1 Å². The molecule has 0 saturated heterocycles. The van der Waals surface area contributed by atoms with Crippen molar-refractivity contribution >= 4 is 0 Å². The van der Waals surface area contributed by atoms with Crippen molar-refractivity contribution in [3.8, 4) is 11.3 Å². The summed E-state index contributed by atoms with van der Waals surface area (Å²) in [5, 5.41) is 0. The van der Waals surface area contributed by atoms with Gasteiger partial charge in [-0.3, -0.25) is 9.97 Å². The number of halogens is 1. The van der Waals surface area contributed by atoms with Gasteiger partial charge in [0.2, 0.25) is 0 Å². The molecular weight excluding hydrogens is 179 g/mol. The molecule has 0 N–H and O–H groups in total. The normalized spacial score (nSPS) is 10.1. The van der Waals surface area contributed by atoms with Crippen LogP contribution in [0.2, 0.25) is 0 Å². The first-order valence-corrected chi connectivity index (χ1v) is 4.31. The summed E-state index contributed by atoms with van der Waals surface area (Å²) in [4.78, 5) is 8.05. The lowest BCUT2D eigenvalue weighted by Crippen LogP contribution is -1.89. The van der Waals surface area contributed by atoms with E-state index in [9.17, 15) is 4.39 Å². The molecule has 2 nitrogen and oxygen atoms in total. The van der Waals surface area contributed by atoms with Gasteiger partial charge >= 0.3 is 0 Å². The fourth-order valence-electron chi connectivity index (χ4n) is 1.21. The zero-order valence-corrected chi connectivity index (χ0v) is 7.74. The third-order valence-corrected chi connectivity index (χ3v) is 1.94. The fraction of sp³-hybridized carbons (Fsp3) is 0.0909. The summed E-state index contributed by atoms with van der Waals surface area (Å²) in [6.07, 6.45) is 3.19. The van der Waals surface area contributed by atoms with Gasteiger partial charge in [-0.25, -0.2) is 4.39 Å². The van der Waals surface area contributed by atoms with Gasteiger partial charge in [0.15, 0.2) is 0 Å². The number of pyridine rings is 2. The van der Waals surface area contributed by atoms with E-state index in [2.05, 4.69) is 9.97 Å². The highest BCUT2D eigenvalue weighted by Crippen LogP contribution is 2.18. The molecule has 0 atom stereocenters. The number of hydrogen-bond acceptors (Lipinski definition) is 2. The van der Waals surface area contributed by atoms with Crippen LogP contribution in [0.4, 0.5) is 4.39 Å². The van der Waals surface area contributed by atoms with Crippen LogP contribution in [0.1, 0.15) is 5.69 Å². The van der Waals surface area contributed by atoms with Crippen molar-refractivity contribution in [2.24, 2.45) is 0 Å². The Bertz CT molecular complexity index is 437. The number of nitrogens with zero attached hydrogens (tertiary/aromatic N) is 2. The molecule has 0 aromatic carbocycles. The van der Waals surface area contributed by atoms with Crippen molar-refractivity contribution in [3.05, 3.63) is 48.2 Å². The van der Waals surface area contributed by atoms with Gasteiger partial charge in [-0.1, -0.05) is 0 Å². The Morgan fingerprint density at radius 1 is 1.14 bits per heavy atom. The van der Waals surface area contributed by atoms with Gasteiger partial charge < -0.3 is 0 Å². The molecule has 2 heterocycles. The van der Waals surface area contributed by atoms with Crippen molar-refractivity contribution in [2.75, 3.05) is 0 Å². The average molecular weight is 188 g/mol. The van der Waals surface area contributed by atoms with Crippen LogP contribution in [0.3, 0.4) is 0 Å². The van der Waals surface area contributed by atoms with Gasteiger partial charge in [0.1, 0.15) is 11.5 Å².